The van der Waals surface area contributed by atoms with Crippen molar-refractivity contribution in [3.63, 3.8) is 0 Å². The summed E-state index contributed by atoms with van der Waals surface area (Å²) in [7, 11) is 1.52. The van der Waals surface area contributed by atoms with Gasteiger partial charge in [0.1, 0.15) is 11.5 Å². The van der Waals surface area contributed by atoms with Crippen molar-refractivity contribution in [2.45, 2.75) is 13.3 Å². The molecular weight excluding hydrogens is 332 g/mol. The van der Waals surface area contributed by atoms with Crippen LogP contribution in [0.5, 0.6) is 11.5 Å². The second-order valence-corrected chi connectivity index (χ2v) is 5.56. The fraction of sp³-hybridized carbons (Fsp3) is 0.300. The third kappa shape index (κ3) is 5.51. The van der Waals surface area contributed by atoms with Crippen LogP contribution in [0.1, 0.15) is 22.8 Å². The summed E-state index contributed by atoms with van der Waals surface area (Å²) in [5.74, 6) is 0.749. The number of rotatable bonds is 9. The van der Waals surface area contributed by atoms with Crippen LogP contribution in [0.4, 0.5) is 0 Å². The van der Waals surface area contributed by atoms with Crippen LogP contribution in [-0.2, 0) is 11.2 Å². The first-order valence-electron chi connectivity index (χ1n) is 8.54. The summed E-state index contributed by atoms with van der Waals surface area (Å²) in [6.07, 6.45) is 0.840. The first kappa shape index (κ1) is 19.3. The normalized spacial score (nSPS) is 10.1. The van der Waals surface area contributed by atoms with Gasteiger partial charge in [0.15, 0.2) is 6.61 Å². The lowest BCUT2D eigenvalue weighted by Crippen LogP contribution is -2.36. The molecule has 2 amide bonds. The molecule has 0 saturated heterocycles. The molecule has 0 unspecified atom stereocenters. The van der Waals surface area contributed by atoms with Crippen LogP contribution in [0, 0.1) is 0 Å². The molecule has 6 nitrogen and oxygen atoms in total. The highest BCUT2D eigenvalue weighted by molar-refractivity contribution is 5.96. The Balaban J connectivity index is 1.71. The maximum Gasteiger partial charge on any atom is 0.258 e. The minimum absolute atomic E-state index is 0.0581. The van der Waals surface area contributed by atoms with Gasteiger partial charge in [-0.05, 0) is 30.2 Å². The fourth-order valence-electron chi connectivity index (χ4n) is 2.44. The Bertz CT molecular complexity index is 746. The van der Waals surface area contributed by atoms with Crippen LogP contribution >= 0.6 is 0 Å². The zero-order valence-electron chi connectivity index (χ0n) is 15.1. The Hall–Kier alpha value is -3.02. The first-order chi connectivity index (χ1) is 12.7. The predicted octanol–water partition coefficient (Wildman–Crippen LogP) is 2.18. The van der Waals surface area contributed by atoms with Crippen LogP contribution in [0.25, 0.3) is 0 Å². The molecule has 2 rings (SSSR count). The van der Waals surface area contributed by atoms with Gasteiger partial charge < -0.3 is 20.1 Å². The SMILES string of the molecule is CCc1ccccc1OCC(=O)NCCNC(=O)c1ccccc1OC. The smallest absolute Gasteiger partial charge is 0.258 e. The van der Waals surface area contributed by atoms with Gasteiger partial charge in [-0.15, -0.1) is 0 Å². The van der Waals surface area contributed by atoms with Gasteiger partial charge in [-0.2, -0.15) is 0 Å². The number of para-hydroxylation sites is 2. The van der Waals surface area contributed by atoms with Crippen molar-refractivity contribution in [1.82, 2.24) is 10.6 Å². The molecule has 0 aliphatic rings. The van der Waals surface area contributed by atoms with Gasteiger partial charge >= 0.3 is 0 Å². The van der Waals surface area contributed by atoms with E-state index in [1.165, 1.54) is 7.11 Å². The molecule has 0 saturated carbocycles. The van der Waals surface area contributed by atoms with Crippen LogP contribution in [0.2, 0.25) is 0 Å². The summed E-state index contributed by atoms with van der Waals surface area (Å²) in [5.41, 5.74) is 1.52. The number of nitrogens with one attached hydrogen (secondary N) is 2. The first-order valence-corrected chi connectivity index (χ1v) is 8.54. The topological polar surface area (TPSA) is 76.7 Å². The fourth-order valence-corrected chi connectivity index (χ4v) is 2.44. The van der Waals surface area contributed by atoms with E-state index in [0.29, 0.717) is 24.4 Å². The Labute approximate surface area is 153 Å². The minimum Gasteiger partial charge on any atom is -0.496 e. The van der Waals surface area contributed by atoms with E-state index in [9.17, 15) is 9.59 Å². The molecule has 6 heteroatoms. The zero-order chi connectivity index (χ0) is 18.8. The second kappa shape index (κ2) is 10.1. The van der Waals surface area contributed by atoms with E-state index >= 15 is 0 Å². The lowest BCUT2D eigenvalue weighted by Gasteiger charge is -2.11. The number of aryl methyl sites for hydroxylation is 1. The molecule has 0 radical (unpaired) electrons. The lowest BCUT2D eigenvalue weighted by atomic mass is 10.1. The molecule has 0 fully saturated rings. The van der Waals surface area contributed by atoms with Crippen molar-refractivity contribution in [1.29, 1.82) is 0 Å². The zero-order valence-corrected chi connectivity index (χ0v) is 15.1. The molecule has 0 atom stereocenters. The Morgan fingerprint density at radius 2 is 1.58 bits per heavy atom. The molecule has 0 heterocycles. The van der Waals surface area contributed by atoms with Crippen LogP contribution in [0.3, 0.4) is 0 Å². The molecule has 0 aliphatic heterocycles. The van der Waals surface area contributed by atoms with Crippen molar-refractivity contribution in [3.8, 4) is 11.5 Å². The molecule has 138 valence electrons. The lowest BCUT2D eigenvalue weighted by molar-refractivity contribution is -0.123. The van der Waals surface area contributed by atoms with Crippen LogP contribution in [0.15, 0.2) is 48.5 Å². The number of benzene rings is 2. The summed E-state index contributed by atoms with van der Waals surface area (Å²) in [6.45, 7) is 2.61. The summed E-state index contributed by atoms with van der Waals surface area (Å²) in [5, 5.41) is 5.46. The Morgan fingerprint density at radius 1 is 0.923 bits per heavy atom. The van der Waals surface area contributed by atoms with Crippen molar-refractivity contribution in [3.05, 3.63) is 59.7 Å². The average Bonchev–Trinajstić information content (AvgIpc) is 2.69. The summed E-state index contributed by atoms with van der Waals surface area (Å²) in [6, 6.07) is 14.6. The van der Waals surface area contributed by atoms with Crippen molar-refractivity contribution in [2.75, 3.05) is 26.8 Å². The highest BCUT2D eigenvalue weighted by atomic mass is 16.5. The minimum atomic E-state index is -0.246. The quantitative estimate of drug-likeness (QED) is 0.675. The molecule has 0 aromatic heterocycles. The Morgan fingerprint density at radius 3 is 2.31 bits per heavy atom. The number of carbonyl (C=O) groups is 2. The third-order valence-electron chi connectivity index (χ3n) is 3.80. The van der Waals surface area contributed by atoms with Crippen molar-refractivity contribution >= 4 is 11.8 Å². The van der Waals surface area contributed by atoms with Crippen molar-refractivity contribution in [2.24, 2.45) is 0 Å². The number of ether oxygens (including phenoxy) is 2. The molecule has 0 aliphatic carbocycles. The largest absolute Gasteiger partial charge is 0.496 e. The molecular formula is C20H24N2O4. The second-order valence-electron chi connectivity index (χ2n) is 5.56. The maximum atomic E-state index is 12.1. The van der Waals surface area contributed by atoms with E-state index < -0.39 is 0 Å². The van der Waals surface area contributed by atoms with E-state index in [1.807, 2.05) is 31.2 Å². The van der Waals surface area contributed by atoms with Gasteiger partial charge in [-0.25, -0.2) is 0 Å². The average molecular weight is 356 g/mol. The standard InChI is InChI=1S/C20H24N2O4/c1-3-15-8-4-6-10-17(15)26-14-19(23)21-12-13-22-20(24)16-9-5-7-11-18(16)25-2/h4-11H,3,12-14H2,1-2H3,(H,21,23)(H,22,24). The number of hydrogen-bond donors (Lipinski definition) is 2. The van der Waals surface area contributed by atoms with Crippen LogP contribution < -0.4 is 20.1 Å². The molecule has 2 aromatic carbocycles. The van der Waals surface area contributed by atoms with E-state index in [0.717, 1.165) is 17.7 Å². The monoisotopic (exact) mass is 356 g/mol. The number of carbonyl (C=O) groups excluding carboxylic acids is 2. The molecule has 2 N–H and O–H groups in total. The highest BCUT2D eigenvalue weighted by Crippen LogP contribution is 2.18. The van der Waals surface area contributed by atoms with Gasteiger partial charge in [-0.3, -0.25) is 9.59 Å². The van der Waals surface area contributed by atoms with E-state index in [4.69, 9.17) is 9.47 Å². The van der Waals surface area contributed by atoms with Gasteiger partial charge in [0.25, 0.3) is 11.8 Å². The van der Waals surface area contributed by atoms with Gasteiger partial charge in [-0.1, -0.05) is 37.3 Å². The summed E-state index contributed by atoms with van der Waals surface area (Å²) < 4.78 is 10.7. The molecule has 0 bridgehead atoms. The predicted molar refractivity (Wildman–Crippen MR) is 99.7 cm³/mol. The van der Waals surface area contributed by atoms with E-state index in [1.54, 1.807) is 24.3 Å². The van der Waals surface area contributed by atoms with Crippen LogP contribution in [-0.4, -0.2) is 38.6 Å². The van der Waals surface area contributed by atoms with E-state index in [-0.39, 0.29) is 18.4 Å². The summed E-state index contributed by atoms with van der Waals surface area (Å²) >= 11 is 0. The van der Waals surface area contributed by atoms with E-state index in [2.05, 4.69) is 10.6 Å². The van der Waals surface area contributed by atoms with Gasteiger partial charge in [0.2, 0.25) is 0 Å². The van der Waals surface area contributed by atoms with Crippen molar-refractivity contribution < 1.29 is 19.1 Å². The number of amides is 2. The number of hydrogen-bond acceptors (Lipinski definition) is 4. The number of methoxy groups -OCH3 is 1. The Kier molecular flexibility index (Phi) is 7.49. The summed E-state index contributed by atoms with van der Waals surface area (Å²) in [4.78, 5) is 24.0. The third-order valence-corrected chi connectivity index (χ3v) is 3.80. The maximum absolute atomic E-state index is 12.1. The molecule has 2 aromatic rings. The molecule has 26 heavy (non-hydrogen) atoms. The highest BCUT2D eigenvalue weighted by Gasteiger charge is 2.11. The molecule has 0 spiro atoms. The van der Waals surface area contributed by atoms with Gasteiger partial charge in [0, 0.05) is 13.1 Å². The van der Waals surface area contributed by atoms with Gasteiger partial charge in [0.05, 0.1) is 12.7 Å².